The number of benzene rings is 2. The molecule has 2 aromatic carbocycles. The van der Waals surface area contributed by atoms with Crippen molar-refractivity contribution in [3.05, 3.63) is 58.4 Å². The smallest absolute Gasteiger partial charge is 0.140 e. The van der Waals surface area contributed by atoms with Gasteiger partial charge >= 0.3 is 0 Å². The topological polar surface area (TPSA) is 53.0 Å². The molecule has 3 rings (SSSR count). The quantitative estimate of drug-likeness (QED) is 0.860. The van der Waals surface area contributed by atoms with Gasteiger partial charge in [0.1, 0.15) is 11.9 Å². The van der Waals surface area contributed by atoms with Crippen LogP contribution in [-0.4, -0.2) is 6.54 Å². The maximum Gasteiger partial charge on any atom is 0.140 e. The Morgan fingerprint density at radius 2 is 2.14 bits per heavy atom. The number of fused-ring (bicyclic) bond motifs is 1. The molecular weight excluding hydrogens is 265 g/mol. The molecule has 1 aliphatic heterocycles. The van der Waals surface area contributed by atoms with Crippen molar-refractivity contribution in [1.82, 2.24) is 0 Å². The van der Waals surface area contributed by atoms with Crippen LogP contribution in [-0.2, 0) is 13.0 Å². The summed E-state index contributed by atoms with van der Waals surface area (Å²) in [4.78, 5) is 2.22. The summed E-state index contributed by atoms with van der Waals surface area (Å²) < 4.78 is 13.4. The summed E-state index contributed by atoms with van der Waals surface area (Å²) in [6.07, 6.45) is 0.989. The molecule has 2 aromatic rings. The number of nitriles is 1. The largest absolute Gasteiger partial charge is 0.398 e. The van der Waals surface area contributed by atoms with Gasteiger partial charge in [0.2, 0.25) is 0 Å². The fourth-order valence-corrected chi connectivity index (χ4v) is 2.78. The highest BCUT2D eigenvalue weighted by Gasteiger charge is 2.20. The average Bonchev–Trinajstić information content (AvgIpc) is 2.84. The Balaban J connectivity index is 1.89. The second kappa shape index (κ2) is 5.10. The zero-order chi connectivity index (χ0) is 15.0. The molecule has 21 heavy (non-hydrogen) atoms. The third-order valence-electron chi connectivity index (χ3n) is 3.98. The molecular formula is C17H16FN3. The Bertz CT molecular complexity index is 746. The molecule has 0 unspecified atom stereocenters. The number of nitrogen functional groups attached to an aromatic ring is 1. The molecule has 2 N–H and O–H groups in total. The van der Waals surface area contributed by atoms with Gasteiger partial charge in [-0.25, -0.2) is 4.39 Å². The lowest BCUT2D eigenvalue weighted by Crippen LogP contribution is -2.19. The summed E-state index contributed by atoms with van der Waals surface area (Å²) in [5.74, 6) is -0.469. The highest BCUT2D eigenvalue weighted by atomic mass is 19.1. The van der Waals surface area contributed by atoms with Crippen molar-refractivity contribution < 1.29 is 4.39 Å². The van der Waals surface area contributed by atoms with Gasteiger partial charge in [-0.15, -0.1) is 0 Å². The second-order valence-corrected chi connectivity index (χ2v) is 5.44. The van der Waals surface area contributed by atoms with Crippen LogP contribution in [0, 0.1) is 24.1 Å². The summed E-state index contributed by atoms with van der Waals surface area (Å²) >= 11 is 0. The van der Waals surface area contributed by atoms with Crippen LogP contribution in [0.25, 0.3) is 0 Å². The first-order valence-electron chi connectivity index (χ1n) is 6.91. The third kappa shape index (κ3) is 2.43. The van der Waals surface area contributed by atoms with Crippen LogP contribution in [0.5, 0.6) is 0 Å². The maximum atomic E-state index is 13.4. The van der Waals surface area contributed by atoms with E-state index in [1.807, 2.05) is 19.1 Å². The van der Waals surface area contributed by atoms with E-state index in [4.69, 9.17) is 11.0 Å². The number of hydrogen-bond donors (Lipinski definition) is 1. The standard InChI is InChI=1S/C17H16FN3/c1-11-6-13-4-5-21(17(13)8-16(11)20)10-12-2-3-15(18)14(7-12)9-19/h2-3,6-8H,4-5,10,20H2,1H3. The summed E-state index contributed by atoms with van der Waals surface area (Å²) in [6, 6.07) is 10.7. The normalized spacial score (nSPS) is 13.1. The van der Waals surface area contributed by atoms with Crippen molar-refractivity contribution in [2.45, 2.75) is 19.9 Å². The lowest BCUT2D eigenvalue weighted by Gasteiger charge is -2.20. The number of halogens is 1. The molecule has 1 heterocycles. The van der Waals surface area contributed by atoms with E-state index in [0.717, 1.165) is 35.5 Å². The van der Waals surface area contributed by atoms with Crippen molar-refractivity contribution in [2.75, 3.05) is 17.2 Å². The fraction of sp³-hybridized carbons (Fsp3) is 0.235. The van der Waals surface area contributed by atoms with Crippen LogP contribution in [0.3, 0.4) is 0 Å². The minimum Gasteiger partial charge on any atom is -0.398 e. The van der Waals surface area contributed by atoms with Crippen LogP contribution in [0.1, 0.15) is 22.3 Å². The molecule has 0 aliphatic carbocycles. The Hall–Kier alpha value is -2.54. The van der Waals surface area contributed by atoms with Crippen molar-refractivity contribution >= 4 is 11.4 Å². The molecule has 0 aromatic heterocycles. The van der Waals surface area contributed by atoms with Crippen molar-refractivity contribution in [3.8, 4) is 6.07 Å². The molecule has 1 aliphatic rings. The number of hydrogen-bond acceptors (Lipinski definition) is 3. The zero-order valence-electron chi connectivity index (χ0n) is 11.9. The Morgan fingerprint density at radius 3 is 2.90 bits per heavy atom. The van der Waals surface area contributed by atoms with Crippen molar-refractivity contribution in [3.63, 3.8) is 0 Å². The fourth-order valence-electron chi connectivity index (χ4n) is 2.78. The summed E-state index contributed by atoms with van der Waals surface area (Å²) in [5, 5.41) is 8.91. The molecule has 3 nitrogen and oxygen atoms in total. The van der Waals surface area contributed by atoms with Crippen LogP contribution < -0.4 is 10.6 Å². The van der Waals surface area contributed by atoms with Crippen LogP contribution in [0.4, 0.5) is 15.8 Å². The van der Waals surface area contributed by atoms with Gasteiger partial charge in [-0.2, -0.15) is 5.26 Å². The average molecular weight is 281 g/mol. The molecule has 0 radical (unpaired) electrons. The van der Waals surface area contributed by atoms with E-state index in [2.05, 4.69) is 11.0 Å². The van der Waals surface area contributed by atoms with E-state index < -0.39 is 5.82 Å². The number of anilines is 2. The van der Waals surface area contributed by atoms with E-state index in [1.54, 1.807) is 12.1 Å². The molecule has 0 saturated heterocycles. The number of aryl methyl sites for hydroxylation is 1. The van der Waals surface area contributed by atoms with Crippen LogP contribution in [0.2, 0.25) is 0 Å². The Kier molecular flexibility index (Phi) is 3.26. The molecule has 0 fully saturated rings. The first-order chi connectivity index (χ1) is 10.1. The molecule has 106 valence electrons. The van der Waals surface area contributed by atoms with E-state index in [0.29, 0.717) is 6.54 Å². The van der Waals surface area contributed by atoms with Crippen molar-refractivity contribution in [2.24, 2.45) is 0 Å². The summed E-state index contributed by atoms with van der Waals surface area (Å²) in [6.45, 7) is 3.58. The third-order valence-corrected chi connectivity index (χ3v) is 3.98. The van der Waals surface area contributed by atoms with Crippen LogP contribution >= 0.6 is 0 Å². The van der Waals surface area contributed by atoms with E-state index in [9.17, 15) is 4.39 Å². The molecule has 0 bridgehead atoms. The van der Waals surface area contributed by atoms with Gasteiger partial charge < -0.3 is 10.6 Å². The lowest BCUT2D eigenvalue weighted by molar-refractivity contribution is 0.622. The first kappa shape index (κ1) is 13.4. The second-order valence-electron chi connectivity index (χ2n) is 5.44. The van der Waals surface area contributed by atoms with Gasteiger partial charge in [0.25, 0.3) is 0 Å². The van der Waals surface area contributed by atoms with Crippen LogP contribution in [0.15, 0.2) is 30.3 Å². The van der Waals surface area contributed by atoms with Gasteiger partial charge in [0, 0.05) is 24.5 Å². The SMILES string of the molecule is Cc1cc2c(cc1N)N(Cc1ccc(F)c(C#N)c1)CC2. The monoisotopic (exact) mass is 281 g/mol. The maximum absolute atomic E-state index is 13.4. The highest BCUT2D eigenvalue weighted by Crippen LogP contribution is 2.33. The van der Waals surface area contributed by atoms with E-state index in [-0.39, 0.29) is 5.56 Å². The molecule has 0 spiro atoms. The Labute approximate surface area is 123 Å². The number of rotatable bonds is 2. The molecule has 0 amide bonds. The highest BCUT2D eigenvalue weighted by molar-refractivity contribution is 5.67. The predicted molar refractivity (Wildman–Crippen MR) is 81.5 cm³/mol. The molecule has 0 saturated carbocycles. The summed E-state index contributed by atoms with van der Waals surface area (Å²) in [5.41, 5.74) is 11.3. The van der Waals surface area contributed by atoms with Crippen molar-refractivity contribution in [1.29, 1.82) is 5.26 Å². The Morgan fingerprint density at radius 1 is 1.33 bits per heavy atom. The zero-order valence-corrected chi connectivity index (χ0v) is 11.9. The minimum absolute atomic E-state index is 0.0929. The predicted octanol–water partition coefficient (Wildman–Crippen LogP) is 3.15. The lowest BCUT2D eigenvalue weighted by atomic mass is 10.1. The minimum atomic E-state index is -0.469. The summed E-state index contributed by atoms with van der Waals surface area (Å²) in [7, 11) is 0. The van der Waals surface area contributed by atoms with Gasteiger partial charge in [0.15, 0.2) is 0 Å². The van der Waals surface area contributed by atoms with E-state index in [1.165, 1.54) is 11.6 Å². The van der Waals surface area contributed by atoms with E-state index >= 15 is 0 Å². The number of nitrogens with two attached hydrogens (primary N) is 1. The molecule has 4 heteroatoms. The van der Waals surface area contributed by atoms with Gasteiger partial charge in [-0.1, -0.05) is 12.1 Å². The first-order valence-corrected chi connectivity index (χ1v) is 6.91. The van der Waals surface area contributed by atoms with Gasteiger partial charge in [-0.3, -0.25) is 0 Å². The number of nitrogens with zero attached hydrogens (tertiary/aromatic N) is 2. The van der Waals surface area contributed by atoms with Gasteiger partial charge in [-0.05, 0) is 48.2 Å². The molecule has 0 atom stereocenters. The van der Waals surface area contributed by atoms with Gasteiger partial charge in [0.05, 0.1) is 5.56 Å².